The minimum Gasteiger partial charge on any atom is -0.489 e. The van der Waals surface area contributed by atoms with Crippen molar-refractivity contribution in [2.45, 2.75) is 65.1 Å². The number of rotatable bonds is 9. The van der Waals surface area contributed by atoms with Gasteiger partial charge in [0.1, 0.15) is 36.6 Å². The Morgan fingerprint density at radius 1 is 0.738 bits per heavy atom. The number of carbonyl (C=O) groups is 3. The van der Waals surface area contributed by atoms with Crippen molar-refractivity contribution in [3.05, 3.63) is 199 Å². The number of benzene rings is 6. The van der Waals surface area contributed by atoms with Crippen molar-refractivity contribution in [3.8, 4) is 11.5 Å². The molecule has 0 N–H and O–H groups in total. The first-order chi connectivity index (χ1) is 29.7. The van der Waals surface area contributed by atoms with Crippen LogP contribution >= 0.6 is 0 Å². The van der Waals surface area contributed by atoms with Crippen molar-refractivity contribution in [2.75, 3.05) is 0 Å². The fraction of sp³-hybridized carbons (Fsp3) is 0.200. The second-order valence-electron chi connectivity index (χ2n) is 15.4. The highest BCUT2D eigenvalue weighted by atomic mass is 16.6. The van der Waals surface area contributed by atoms with Crippen LogP contribution in [0.3, 0.4) is 0 Å². The van der Waals surface area contributed by atoms with Crippen LogP contribution in [0.15, 0.2) is 138 Å². The molecule has 306 valence electrons. The second-order valence-corrected chi connectivity index (χ2v) is 15.4. The van der Waals surface area contributed by atoms with Gasteiger partial charge in [0.05, 0.1) is 34.3 Å². The third kappa shape index (κ3) is 8.82. The van der Waals surface area contributed by atoms with Gasteiger partial charge in [0.15, 0.2) is 0 Å². The number of aryl methyl sites for hydroxylation is 2. The van der Waals surface area contributed by atoms with Crippen LogP contribution in [-0.2, 0) is 43.9 Å². The summed E-state index contributed by atoms with van der Waals surface area (Å²) in [6.45, 7) is 5.30. The van der Waals surface area contributed by atoms with Gasteiger partial charge in [-0.2, -0.15) is 0 Å². The normalized spacial score (nSPS) is 16.1. The predicted octanol–water partition coefficient (Wildman–Crippen LogP) is 9.11. The van der Waals surface area contributed by atoms with Crippen molar-refractivity contribution in [3.63, 3.8) is 0 Å². The summed E-state index contributed by atoms with van der Waals surface area (Å²) in [5, 5.41) is 11.8. The molecule has 61 heavy (non-hydrogen) atoms. The molecule has 0 saturated carbocycles. The molecule has 0 fully saturated rings. The summed E-state index contributed by atoms with van der Waals surface area (Å²) in [7, 11) is 0. The van der Waals surface area contributed by atoms with Crippen LogP contribution in [0.2, 0.25) is 0 Å². The van der Waals surface area contributed by atoms with Crippen molar-refractivity contribution in [2.24, 2.45) is 4.99 Å². The average Bonchev–Trinajstić information content (AvgIpc) is 3.41. The summed E-state index contributed by atoms with van der Waals surface area (Å²) in [5.74, 6) is 0.601. The summed E-state index contributed by atoms with van der Waals surface area (Å²) < 4.78 is 11.8. The van der Waals surface area contributed by atoms with E-state index in [2.05, 4.69) is 23.2 Å². The van der Waals surface area contributed by atoms with Crippen LogP contribution in [0, 0.1) is 24.0 Å². The van der Waals surface area contributed by atoms with Gasteiger partial charge in [-0.1, -0.05) is 109 Å². The topological polar surface area (TPSA) is 132 Å². The van der Waals surface area contributed by atoms with Gasteiger partial charge in [0.25, 0.3) is 17.5 Å². The number of carbonyl (C=O) groups excluding carboxylic acids is 3. The standard InChI is InChI=1S/C25H22N2O5.C25H22N2O2/c1-17-11-22(23(27(30)31)13-24(17)32-16-18-7-3-2-4-8-18)25(29)26-14-20-10-6-5-9-19(20)12-21(26)15-28;1-17-11-22-23(13-24(17)29-16-18-7-3-2-4-8-18)26-14-21-12-19-9-5-6-10-20(19)15-27(21)25(22)28/h2-11,13,15,21H,12,14,16H2,1H3;2-11,13-14,21H,12,15-16H2,1H3/t2*21-/m00/s1. The molecule has 3 heterocycles. The summed E-state index contributed by atoms with van der Waals surface area (Å²) in [6, 6.07) is 41.3. The van der Waals surface area contributed by atoms with E-state index in [1.54, 1.807) is 6.92 Å². The van der Waals surface area contributed by atoms with Crippen LogP contribution in [0.5, 0.6) is 11.5 Å². The molecule has 0 aromatic heterocycles. The van der Waals surface area contributed by atoms with E-state index in [0.717, 1.165) is 46.3 Å². The summed E-state index contributed by atoms with van der Waals surface area (Å²) in [5.41, 5.74) is 8.97. The maximum atomic E-state index is 13.4. The lowest BCUT2D eigenvalue weighted by molar-refractivity contribution is -0.385. The maximum absolute atomic E-state index is 13.4. The molecule has 0 unspecified atom stereocenters. The molecule has 6 aromatic carbocycles. The fourth-order valence-electron chi connectivity index (χ4n) is 8.01. The highest BCUT2D eigenvalue weighted by molar-refractivity contribution is 6.03. The van der Waals surface area contributed by atoms with E-state index in [-0.39, 0.29) is 36.4 Å². The predicted molar refractivity (Wildman–Crippen MR) is 232 cm³/mol. The summed E-state index contributed by atoms with van der Waals surface area (Å²) in [6.07, 6.45) is 3.83. The molecule has 3 aliphatic heterocycles. The van der Waals surface area contributed by atoms with Crippen molar-refractivity contribution in [1.29, 1.82) is 0 Å². The highest BCUT2D eigenvalue weighted by Crippen LogP contribution is 2.36. The fourth-order valence-corrected chi connectivity index (χ4v) is 8.01. The molecule has 6 aromatic rings. The summed E-state index contributed by atoms with van der Waals surface area (Å²) in [4.78, 5) is 57.7. The highest BCUT2D eigenvalue weighted by Gasteiger charge is 2.35. The van der Waals surface area contributed by atoms with E-state index in [1.807, 2.05) is 121 Å². The van der Waals surface area contributed by atoms with Gasteiger partial charge < -0.3 is 24.1 Å². The Balaban J connectivity index is 0.000000169. The largest absolute Gasteiger partial charge is 0.489 e. The first kappa shape index (κ1) is 40.4. The van der Waals surface area contributed by atoms with Gasteiger partial charge in [-0.3, -0.25) is 24.7 Å². The van der Waals surface area contributed by atoms with E-state index in [9.17, 15) is 24.5 Å². The van der Waals surface area contributed by atoms with Crippen LogP contribution in [0.1, 0.15) is 65.2 Å². The van der Waals surface area contributed by atoms with E-state index in [0.29, 0.717) is 42.1 Å². The number of hydrogen-bond donors (Lipinski definition) is 0. The third-order valence-corrected chi connectivity index (χ3v) is 11.4. The van der Waals surface area contributed by atoms with Gasteiger partial charge in [0.2, 0.25) is 0 Å². The molecule has 0 spiro atoms. The molecule has 9 rings (SSSR count). The van der Waals surface area contributed by atoms with E-state index >= 15 is 0 Å². The Morgan fingerprint density at radius 3 is 1.89 bits per heavy atom. The van der Waals surface area contributed by atoms with Crippen LogP contribution in [0.4, 0.5) is 11.4 Å². The molecular weight excluding hydrogens is 769 g/mol. The number of aliphatic imine (C=N–C) groups is 1. The minimum atomic E-state index is -0.675. The number of nitro groups is 1. The zero-order chi connectivity index (χ0) is 42.5. The molecule has 0 aliphatic carbocycles. The monoisotopic (exact) mass is 812 g/mol. The van der Waals surface area contributed by atoms with Gasteiger partial charge >= 0.3 is 0 Å². The molecule has 11 nitrogen and oxygen atoms in total. The van der Waals surface area contributed by atoms with Crippen LogP contribution in [-0.4, -0.2) is 51.1 Å². The van der Waals surface area contributed by atoms with Gasteiger partial charge in [0, 0.05) is 31.8 Å². The summed E-state index contributed by atoms with van der Waals surface area (Å²) >= 11 is 0. The first-order valence-corrected chi connectivity index (χ1v) is 20.2. The van der Waals surface area contributed by atoms with E-state index in [1.165, 1.54) is 28.2 Å². The van der Waals surface area contributed by atoms with E-state index in [4.69, 9.17) is 9.47 Å². The first-order valence-electron chi connectivity index (χ1n) is 20.2. The molecule has 0 radical (unpaired) electrons. The Labute approximate surface area is 354 Å². The molecular formula is C50H44N4O7. The molecule has 3 aliphatic rings. The second kappa shape index (κ2) is 17.8. The number of aldehydes is 1. The number of amides is 2. The number of ether oxygens (including phenoxy) is 2. The van der Waals surface area contributed by atoms with Gasteiger partial charge in [-0.05, 0) is 76.9 Å². The molecule has 2 amide bonds. The molecule has 11 heteroatoms. The maximum Gasteiger partial charge on any atom is 0.285 e. The SMILES string of the molecule is Cc1cc(C(=O)N2Cc3ccccc3C[C@H]2C=O)c([N+](=O)[O-])cc1OCc1ccccc1.Cc1cc2c(cc1OCc1ccccc1)N=C[C@@H]1Cc3ccccc3CN1C2=O. The number of fused-ring (bicyclic) bond motifs is 4. The third-order valence-electron chi connectivity index (χ3n) is 11.4. The van der Waals surface area contributed by atoms with Crippen molar-refractivity contribution < 1.29 is 28.8 Å². The Kier molecular flexibility index (Phi) is 11.8. The number of nitro benzene ring substituents is 1. The molecule has 0 bridgehead atoms. The van der Waals surface area contributed by atoms with Crippen molar-refractivity contribution >= 4 is 35.7 Å². The van der Waals surface area contributed by atoms with E-state index < -0.39 is 16.9 Å². The van der Waals surface area contributed by atoms with Crippen LogP contribution in [0.25, 0.3) is 0 Å². The number of hydrogen-bond acceptors (Lipinski definition) is 8. The Bertz CT molecular complexity index is 2650. The van der Waals surface area contributed by atoms with Crippen molar-refractivity contribution in [1.82, 2.24) is 9.80 Å². The average molecular weight is 813 g/mol. The van der Waals surface area contributed by atoms with Gasteiger partial charge in [-0.15, -0.1) is 0 Å². The molecule has 0 saturated heterocycles. The quantitative estimate of drug-likeness (QED) is 0.0809. The number of nitrogens with zero attached hydrogens (tertiary/aromatic N) is 4. The lowest BCUT2D eigenvalue weighted by atomic mass is 9.93. The lowest BCUT2D eigenvalue weighted by Gasteiger charge is -2.34. The Morgan fingerprint density at radius 2 is 1.28 bits per heavy atom. The van der Waals surface area contributed by atoms with Crippen LogP contribution < -0.4 is 9.47 Å². The Hall–Kier alpha value is -7.40. The minimum absolute atomic E-state index is 0.0150. The lowest BCUT2D eigenvalue weighted by Crippen LogP contribution is -2.45. The molecule has 2 atom stereocenters. The van der Waals surface area contributed by atoms with Gasteiger partial charge in [-0.25, -0.2) is 0 Å². The smallest absolute Gasteiger partial charge is 0.285 e. The zero-order valence-corrected chi connectivity index (χ0v) is 33.9. The zero-order valence-electron chi connectivity index (χ0n) is 33.9.